The number of benzene rings is 1. The highest BCUT2D eigenvalue weighted by molar-refractivity contribution is 5.99. The Hall–Kier alpha value is -1.91. The maximum absolute atomic E-state index is 11.6. The smallest absolute Gasteiger partial charge is 0.280 e. The molecule has 1 heterocycles. The van der Waals surface area contributed by atoms with Crippen LogP contribution in [0.2, 0.25) is 0 Å². The number of carbonyl (C=O) groups is 1. The Morgan fingerprint density at radius 1 is 1.45 bits per heavy atom. The fourth-order valence-electron chi connectivity index (χ4n) is 3.06. The first-order valence-electron chi connectivity index (χ1n) is 7.03. The van der Waals surface area contributed by atoms with Crippen molar-refractivity contribution in [2.75, 3.05) is 4.90 Å². The number of hydrogen-bond donors (Lipinski definition) is 0. The second kappa shape index (κ2) is 5.61. The molecular weight excluding hydrogens is 256 g/mol. The van der Waals surface area contributed by atoms with Crippen LogP contribution >= 0.6 is 0 Å². The van der Waals surface area contributed by atoms with E-state index in [0.717, 1.165) is 24.9 Å². The van der Waals surface area contributed by atoms with Crippen molar-refractivity contribution < 1.29 is 9.72 Å². The molecule has 20 heavy (non-hydrogen) atoms. The van der Waals surface area contributed by atoms with Gasteiger partial charge in [-0.3, -0.25) is 14.9 Å². The molecule has 5 heteroatoms. The van der Waals surface area contributed by atoms with Crippen molar-refractivity contribution in [3.8, 4) is 0 Å². The summed E-state index contributed by atoms with van der Waals surface area (Å²) in [5, 5.41) is 11.0. The van der Waals surface area contributed by atoms with Crippen molar-refractivity contribution in [3.05, 3.63) is 33.9 Å². The Balaban J connectivity index is 2.45. The Labute approximate surface area is 118 Å². The molecule has 0 spiro atoms. The quantitative estimate of drug-likeness (QED) is 0.479. The zero-order valence-corrected chi connectivity index (χ0v) is 12.1. The average molecular weight is 276 g/mol. The van der Waals surface area contributed by atoms with Crippen LogP contribution in [0.5, 0.6) is 0 Å². The summed E-state index contributed by atoms with van der Waals surface area (Å²) < 4.78 is 0. The number of nitrogens with zero attached hydrogens (tertiary/aromatic N) is 2. The van der Waals surface area contributed by atoms with Crippen LogP contribution < -0.4 is 4.90 Å². The molecule has 0 amide bonds. The molecule has 0 aliphatic carbocycles. The number of anilines is 1. The molecule has 0 saturated carbocycles. The first-order chi connectivity index (χ1) is 9.45. The fourth-order valence-corrected chi connectivity index (χ4v) is 3.06. The van der Waals surface area contributed by atoms with Crippen molar-refractivity contribution in [1.29, 1.82) is 0 Å². The van der Waals surface area contributed by atoms with Gasteiger partial charge in [-0.05, 0) is 45.2 Å². The number of rotatable bonds is 4. The van der Waals surface area contributed by atoms with Gasteiger partial charge in [0.05, 0.1) is 10.5 Å². The normalized spacial score (nSPS) is 22.1. The molecule has 1 aliphatic heterocycles. The van der Waals surface area contributed by atoms with E-state index in [1.165, 1.54) is 13.0 Å². The Kier molecular flexibility index (Phi) is 4.06. The molecule has 2 rings (SSSR count). The van der Waals surface area contributed by atoms with Crippen molar-refractivity contribution in [3.63, 3.8) is 0 Å². The van der Waals surface area contributed by atoms with E-state index < -0.39 is 4.92 Å². The standard InChI is InChI=1S/C15H20N2O3/c1-4-12-6-5-10(2)16(12)13-7-8-15(17(19)20)14(9-13)11(3)18/h7-10,12H,4-6H2,1-3H3. The second-order valence-corrected chi connectivity index (χ2v) is 5.41. The second-order valence-electron chi connectivity index (χ2n) is 5.41. The molecule has 0 radical (unpaired) electrons. The molecule has 1 aliphatic rings. The lowest BCUT2D eigenvalue weighted by Crippen LogP contribution is -2.34. The van der Waals surface area contributed by atoms with Gasteiger partial charge in [-0.25, -0.2) is 0 Å². The van der Waals surface area contributed by atoms with Crippen LogP contribution in [-0.2, 0) is 0 Å². The van der Waals surface area contributed by atoms with Crippen LogP contribution in [0.15, 0.2) is 18.2 Å². The maximum atomic E-state index is 11.6. The van der Waals surface area contributed by atoms with Gasteiger partial charge in [-0.15, -0.1) is 0 Å². The number of Topliss-reactive ketones (excluding diaryl/α,β-unsaturated/α-hetero) is 1. The molecule has 1 aromatic carbocycles. The minimum atomic E-state index is -0.495. The Bertz CT molecular complexity index is 542. The van der Waals surface area contributed by atoms with Gasteiger partial charge in [0.1, 0.15) is 0 Å². The van der Waals surface area contributed by atoms with Crippen molar-refractivity contribution >= 4 is 17.2 Å². The minimum Gasteiger partial charge on any atom is -0.366 e. The van der Waals surface area contributed by atoms with Crippen molar-refractivity contribution in [2.45, 2.75) is 52.1 Å². The number of nitro benzene ring substituents is 1. The largest absolute Gasteiger partial charge is 0.366 e. The van der Waals surface area contributed by atoms with Gasteiger partial charge < -0.3 is 4.90 Å². The van der Waals surface area contributed by atoms with E-state index in [0.29, 0.717) is 12.1 Å². The molecule has 0 aromatic heterocycles. The van der Waals surface area contributed by atoms with Crippen LogP contribution in [0.25, 0.3) is 0 Å². The summed E-state index contributed by atoms with van der Waals surface area (Å²) in [5.74, 6) is -0.265. The predicted molar refractivity (Wildman–Crippen MR) is 78.4 cm³/mol. The molecule has 2 unspecified atom stereocenters. The van der Waals surface area contributed by atoms with E-state index in [1.807, 2.05) is 0 Å². The molecule has 108 valence electrons. The van der Waals surface area contributed by atoms with E-state index in [-0.39, 0.29) is 17.0 Å². The van der Waals surface area contributed by atoms with Gasteiger partial charge >= 0.3 is 0 Å². The Morgan fingerprint density at radius 3 is 2.70 bits per heavy atom. The molecule has 1 fully saturated rings. The molecule has 0 N–H and O–H groups in total. The van der Waals surface area contributed by atoms with Crippen LogP contribution in [-0.4, -0.2) is 22.8 Å². The molecule has 2 atom stereocenters. The first kappa shape index (κ1) is 14.5. The fraction of sp³-hybridized carbons (Fsp3) is 0.533. The van der Waals surface area contributed by atoms with Gasteiger partial charge in [0.15, 0.2) is 5.78 Å². The lowest BCUT2D eigenvalue weighted by molar-refractivity contribution is -0.385. The van der Waals surface area contributed by atoms with E-state index in [2.05, 4.69) is 18.7 Å². The summed E-state index contributed by atoms with van der Waals surface area (Å²) in [7, 11) is 0. The maximum Gasteiger partial charge on any atom is 0.280 e. The molecule has 0 bridgehead atoms. The minimum absolute atomic E-state index is 0.110. The van der Waals surface area contributed by atoms with E-state index in [1.54, 1.807) is 12.1 Å². The highest BCUT2D eigenvalue weighted by Gasteiger charge is 2.30. The van der Waals surface area contributed by atoms with Gasteiger partial charge in [-0.1, -0.05) is 6.92 Å². The van der Waals surface area contributed by atoms with Gasteiger partial charge in [0.25, 0.3) is 5.69 Å². The number of ketones is 1. The molecule has 1 saturated heterocycles. The topological polar surface area (TPSA) is 63.4 Å². The zero-order valence-electron chi connectivity index (χ0n) is 12.1. The van der Waals surface area contributed by atoms with Crippen LogP contribution in [0, 0.1) is 10.1 Å². The van der Waals surface area contributed by atoms with Crippen molar-refractivity contribution in [2.24, 2.45) is 0 Å². The zero-order chi connectivity index (χ0) is 14.9. The van der Waals surface area contributed by atoms with Gasteiger partial charge in [0, 0.05) is 23.8 Å². The summed E-state index contributed by atoms with van der Waals surface area (Å²) in [6.45, 7) is 5.67. The number of nitro groups is 1. The lowest BCUT2D eigenvalue weighted by Gasteiger charge is -2.30. The van der Waals surface area contributed by atoms with Crippen molar-refractivity contribution in [1.82, 2.24) is 0 Å². The van der Waals surface area contributed by atoms with E-state index >= 15 is 0 Å². The first-order valence-corrected chi connectivity index (χ1v) is 7.03. The predicted octanol–water partition coefficient (Wildman–Crippen LogP) is 3.56. The Morgan fingerprint density at radius 2 is 2.15 bits per heavy atom. The number of carbonyl (C=O) groups excluding carboxylic acids is 1. The van der Waals surface area contributed by atoms with Gasteiger partial charge in [-0.2, -0.15) is 0 Å². The summed E-state index contributed by atoms with van der Waals surface area (Å²) in [6.07, 6.45) is 3.28. The monoisotopic (exact) mass is 276 g/mol. The lowest BCUT2D eigenvalue weighted by atomic mass is 10.1. The third-order valence-electron chi connectivity index (χ3n) is 4.11. The summed E-state index contributed by atoms with van der Waals surface area (Å²) >= 11 is 0. The molecular formula is C15H20N2O3. The highest BCUT2D eigenvalue weighted by atomic mass is 16.6. The third-order valence-corrected chi connectivity index (χ3v) is 4.11. The summed E-state index contributed by atoms with van der Waals surface area (Å²) in [5.41, 5.74) is 1.00. The van der Waals surface area contributed by atoms with Crippen LogP contribution in [0.1, 0.15) is 50.4 Å². The number of hydrogen-bond acceptors (Lipinski definition) is 4. The van der Waals surface area contributed by atoms with Crippen LogP contribution in [0.4, 0.5) is 11.4 Å². The van der Waals surface area contributed by atoms with Gasteiger partial charge in [0.2, 0.25) is 0 Å². The highest BCUT2D eigenvalue weighted by Crippen LogP contribution is 2.34. The van der Waals surface area contributed by atoms with E-state index in [4.69, 9.17) is 0 Å². The molecule has 5 nitrogen and oxygen atoms in total. The summed E-state index contributed by atoms with van der Waals surface area (Å²) in [4.78, 5) is 24.4. The van der Waals surface area contributed by atoms with E-state index in [9.17, 15) is 14.9 Å². The molecule has 1 aromatic rings. The summed E-state index contributed by atoms with van der Waals surface area (Å²) in [6, 6.07) is 5.73. The third kappa shape index (κ3) is 2.53. The SMILES string of the molecule is CCC1CCC(C)N1c1ccc([N+](=O)[O-])c(C(C)=O)c1. The average Bonchev–Trinajstić information content (AvgIpc) is 2.78. The van der Waals surface area contributed by atoms with Crippen LogP contribution in [0.3, 0.4) is 0 Å².